The zero-order chi connectivity index (χ0) is 15.6. The van der Waals surface area contributed by atoms with Crippen molar-refractivity contribution in [1.82, 2.24) is 9.55 Å². The van der Waals surface area contributed by atoms with Crippen LogP contribution in [0.3, 0.4) is 0 Å². The Labute approximate surface area is 124 Å². The Morgan fingerprint density at radius 2 is 2.10 bits per heavy atom. The Morgan fingerprint density at radius 3 is 2.62 bits per heavy atom. The van der Waals surface area contributed by atoms with Crippen molar-refractivity contribution in [2.75, 3.05) is 6.61 Å². The summed E-state index contributed by atoms with van der Waals surface area (Å²) in [5.41, 5.74) is 1.81. The Morgan fingerprint density at radius 1 is 1.38 bits per heavy atom. The highest BCUT2D eigenvalue weighted by Gasteiger charge is 2.21. The lowest BCUT2D eigenvalue weighted by molar-refractivity contribution is 0.0697. The molecule has 1 unspecified atom stereocenters. The van der Waals surface area contributed by atoms with Crippen molar-refractivity contribution in [3.8, 4) is 0 Å². The molecule has 5 heteroatoms. The SMILES string of the molecule is CCCc1nc2ccc(C(=O)O)cc2n1C(CO)C(C)C. The van der Waals surface area contributed by atoms with Crippen LogP contribution in [0.1, 0.15) is 49.4 Å². The number of aryl methyl sites for hydroxylation is 1. The van der Waals surface area contributed by atoms with Gasteiger partial charge in [0.1, 0.15) is 5.82 Å². The number of carboxylic acid groups (broad SMARTS) is 1. The van der Waals surface area contributed by atoms with Crippen LogP contribution in [-0.4, -0.2) is 32.3 Å². The summed E-state index contributed by atoms with van der Waals surface area (Å²) in [6, 6.07) is 4.86. The number of nitrogens with zero attached hydrogens (tertiary/aromatic N) is 2. The molecule has 2 rings (SSSR count). The number of carbonyl (C=O) groups is 1. The first-order valence-electron chi connectivity index (χ1n) is 7.34. The van der Waals surface area contributed by atoms with Crippen LogP contribution in [0.25, 0.3) is 11.0 Å². The van der Waals surface area contributed by atoms with Gasteiger partial charge in [0, 0.05) is 6.42 Å². The third kappa shape index (κ3) is 2.93. The third-order valence-electron chi connectivity index (χ3n) is 3.77. The number of imidazole rings is 1. The van der Waals surface area contributed by atoms with Crippen LogP contribution in [0, 0.1) is 5.92 Å². The number of fused-ring (bicyclic) bond motifs is 1. The summed E-state index contributed by atoms with van der Waals surface area (Å²) < 4.78 is 2.01. The molecule has 2 N–H and O–H groups in total. The van der Waals surface area contributed by atoms with E-state index in [0.29, 0.717) is 0 Å². The van der Waals surface area contributed by atoms with Crippen LogP contribution < -0.4 is 0 Å². The van der Waals surface area contributed by atoms with Crippen LogP contribution in [0.4, 0.5) is 0 Å². The predicted molar refractivity (Wildman–Crippen MR) is 81.6 cm³/mol. The Hall–Kier alpha value is -1.88. The monoisotopic (exact) mass is 290 g/mol. The molecule has 0 aliphatic carbocycles. The van der Waals surface area contributed by atoms with Gasteiger partial charge in [0.25, 0.3) is 0 Å². The maximum atomic E-state index is 11.2. The predicted octanol–water partition coefficient (Wildman–Crippen LogP) is 2.88. The fraction of sp³-hybridized carbons (Fsp3) is 0.500. The standard InChI is InChI=1S/C16H22N2O3/c1-4-5-15-17-12-7-6-11(16(20)21)8-13(12)18(15)14(9-19)10(2)3/h6-8,10,14,19H,4-5,9H2,1-3H3,(H,20,21). The molecular formula is C16H22N2O3. The van der Waals surface area contributed by atoms with Crippen LogP contribution in [0.2, 0.25) is 0 Å². The molecular weight excluding hydrogens is 268 g/mol. The normalized spacial score (nSPS) is 13.0. The van der Waals surface area contributed by atoms with Gasteiger partial charge in [-0.1, -0.05) is 20.8 Å². The number of aliphatic hydroxyl groups is 1. The molecule has 1 atom stereocenters. The van der Waals surface area contributed by atoms with E-state index in [0.717, 1.165) is 29.7 Å². The number of aromatic nitrogens is 2. The highest BCUT2D eigenvalue weighted by molar-refractivity contribution is 5.92. The van der Waals surface area contributed by atoms with E-state index in [-0.39, 0.29) is 24.1 Å². The molecule has 0 saturated carbocycles. The van der Waals surface area contributed by atoms with Crippen molar-refractivity contribution in [1.29, 1.82) is 0 Å². The molecule has 1 aromatic carbocycles. The van der Waals surface area contributed by atoms with Gasteiger partial charge in [-0.15, -0.1) is 0 Å². The lowest BCUT2D eigenvalue weighted by Gasteiger charge is -2.23. The van der Waals surface area contributed by atoms with Gasteiger partial charge < -0.3 is 14.8 Å². The van der Waals surface area contributed by atoms with Gasteiger partial charge in [0.2, 0.25) is 0 Å². The number of aliphatic hydroxyl groups excluding tert-OH is 1. The lowest BCUT2D eigenvalue weighted by Crippen LogP contribution is -2.21. The van der Waals surface area contributed by atoms with E-state index in [4.69, 9.17) is 0 Å². The number of rotatable bonds is 6. The highest BCUT2D eigenvalue weighted by Crippen LogP contribution is 2.27. The minimum Gasteiger partial charge on any atom is -0.478 e. The molecule has 0 saturated heterocycles. The number of aromatic carboxylic acids is 1. The lowest BCUT2D eigenvalue weighted by atomic mass is 10.0. The van der Waals surface area contributed by atoms with Crippen molar-refractivity contribution >= 4 is 17.0 Å². The van der Waals surface area contributed by atoms with Gasteiger partial charge in [-0.25, -0.2) is 9.78 Å². The topological polar surface area (TPSA) is 75.3 Å². The van der Waals surface area contributed by atoms with E-state index in [2.05, 4.69) is 11.9 Å². The molecule has 0 amide bonds. The maximum Gasteiger partial charge on any atom is 0.335 e. The fourth-order valence-corrected chi connectivity index (χ4v) is 2.64. The molecule has 0 spiro atoms. The second-order valence-corrected chi connectivity index (χ2v) is 5.65. The molecule has 0 bridgehead atoms. The Kier molecular flexibility index (Phi) is 4.63. The van der Waals surface area contributed by atoms with Gasteiger partial charge in [0.05, 0.1) is 29.2 Å². The second kappa shape index (κ2) is 6.26. The summed E-state index contributed by atoms with van der Waals surface area (Å²) in [6.07, 6.45) is 1.76. The summed E-state index contributed by atoms with van der Waals surface area (Å²) in [6.45, 7) is 6.18. The first-order chi connectivity index (χ1) is 9.99. The van der Waals surface area contributed by atoms with Gasteiger partial charge in [-0.05, 0) is 30.5 Å². The summed E-state index contributed by atoms with van der Waals surface area (Å²) in [5.74, 6) is 0.186. The number of hydrogen-bond acceptors (Lipinski definition) is 3. The highest BCUT2D eigenvalue weighted by atomic mass is 16.4. The average Bonchev–Trinajstić information content (AvgIpc) is 2.77. The van der Waals surface area contributed by atoms with Crippen LogP contribution in [0.15, 0.2) is 18.2 Å². The molecule has 0 fully saturated rings. The van der Waals surface area contributed by atoms with Gasteiger partial charge in [-0.3, -0.25) is 0 Å². The third-order valence-corrected chi connectivity index (χ3v) is 3.77. The maximum absolute atomic E-state index is 11.2. The summed E-state index contributed by atoms with van der Waals surface area (Å²) >= 11 is 0. The number of carboxylic acids is 1. The average molecular weight is 290 g/mol. The van der Waals surface area contributed by atoms with E-state index < -0.39 is 5.97 Å². The summed E-state index contributed by atoms with van der Waals surface area (Å²) in [4.78, 5) is 15.8. The van der Waals surface area contributed by atoms with Crippen LogP contribution >= 0.6 is 0 Å². The molecule has 1 aromatic heterocycles. The van der Waals surface area contributed by atoms with Crippen molar-refractivity contribution in [2.45, 2.75) is 39.7 Å². The molecule has 21 heavy (non-hydrogen) atoms. The molecule has 5 nitrogen and oxygen atoms in total. The van der Waals surface area contributed by atoms with Crippen LogP contribution in [0.5, 0.6) is 0 Å². The van der Waals surface area contributed by atoms with Crippen molar-refractivity contribution in [2.24, 2.45) is 5.92 Å². The van der Waals surface area contributed by atoms with Gasteiger partial charge in [-0.2, -0.15) is 0 Å². The Bertz CT molecular complexity index is 646. The van der Waals surface area contributed by atoms with E-state index in [1.165, 1.54) is 0 Å². The Balaban J connectivity index is 2.69. The van der Waals surface area contributed by atoms with Crippen molar-refractivity contribution in [3.63, 3.8) is 0 Å². The summed E-state index contributed by atoms with van der Waals surface area (Å²) in [5, 5.41) is 18.9. The van der Waals surface area contributed by atoms with E-state index in [1.807, 2.05) is 18.4 Å². The van der Waals surface area contributed by atoms with Crippen molar-refractivity contribution in [3.05, 3.63) is 29.6 Å². The molecule has 1 heterocycles. The minimum absolute atomic E-state index is 0.0111. The molecule has 2 aromatic rings. The fourth-order valence-electron chi connectivity index (χ4n) is 2.64. The van der Waals surface area contributed by atoms with Gasteiger partial charge >= 0.3 is 5.97 Å². The quantitative estimate of drug-likeness (QED) is 0.857. The largest absolute Gasteiger partial charge is 0.478 e. The smallest absolute Gasteiger partial charge is 0.335 e. The van der Waals surface area contributed by atoms with Crippen LogP contribution in [-0.2, 0) is 6.42 Å². The second-order valence-electron chi connectivity index (χ2n) is 5.65. The zero-order valence-corrected chi connectivity index (χ0v) is 12.7. The molecule has 0 aliphatic heterocycles. The van der Waals surface area contributed by atoms with E-state index in [1.54, 1.807) is 18.2 Å². The molecule has 114 valence electrons. The summed E-state index contributed by atoms with van der Waals surface area (Å²) in [7, 11) is 0. The molecule has 0 aliphatic rings. The first-order valence-corrected chi connectivity index (χ1v) is 7.34. The minimum atomic E-state index is -0.952. The number of hydrogen-bond donors (Lipinski definition) is 2. The van der Waals surface area contributed by atoms with E-state index >= 15 is 0 Å². The van der Waals surface area contributed by atoms with Crippen molar-refractivity contribution < 1.29 is 15.0 Å². The number of benzene rings is 1. The zero-order valence-electron chi connectivity index (χ0n) is 12.7. The van der Waals surface area contributed by atoms with Gasteiger partial charge in [0.15, 0.2) is 0 Å². The van der Waals surface area contributed by atoms with E-state index in [9.17, 15) is 15.0 Å². The molecule has 0 radical (unpaired) electrons. The first kappa shape index (κ1) is 15.5.